The van der Waals surface area contributed by atoms with Gasteiger partial charge in [-0.2, -0.15) is 0 Å². The van der Waals surface area contributed by atoms with E-state index in [1.165, 1.54) is 24.1 Å². The van der Waals surface area contributed by atoms with Crippen molar-refractivity contribution in [3.8, 4) is 5.75 Å². The van der Waals surface area contributed by atoms with Crippen molar-refractivity contribution in [2.24, 2.45) is 5.92 Å². The van der Waals surface area contributed by atoms with Crippen LogP contribution in [0.1, 0.15) is 38.3 Å². The van der Waals surface area contributed by atoms with Crippen LogP contribution < -0.4 is 20.3 Å². The summed E-state index contributed by atoms with van der Waals surface area (Å²) in [6.45, 7) is 10.9. The Balaban J connectivity index is 1.52. The van der Waals surface area contributed by atoms with Crippen LogP contribution in [0.15, 0.2) is 61.2 Å². The predicted octanol–water partition coefficient (Wildman–Crippen LogP) is 5.54. The predicted molar refractivity (Wildman–Crippen MR) is 127 cm³/mol. The maximum Gasteiger partial charge on any atom is 0.171 e. The third-order valence-corrected chi connectivity index (χ3v) is 5.46. The maximum absolute atomic E-state index is 5.50. The molecule has 5 heteroatoms. The van der Waals surface area contributed by atoms with E-state index in [1.54, 1.807) is 6.08 Å². The average molecular weight is 410 g/mol. The van der Waals surface area contributed by atoms with Crippen LogP contribution in [0.25, 0.3) is 0 Å². The van der Waals surface area contributed by atoms with Gasteiger partial charge in [0.2, 0.25) is 0 Å². The number of anilines is 2. The highest BCUT2D eigenvalue weighted by Gasteiger charge is 2.17. The van der Waals surface area contributed by atoms with Gasteiger partial charge in [0.15, 0.2) is 5.11 Å². The standard InChI is InChI=1S/C24H31N3OS/c1-4-16-28-23-13-9-21(10-14-23)26-24(29)25-19(3)20-7-11-22(12-8-20)27-15-5-6-18(2)17-27/h4,7-14,18-19H,1,5-6,15-17H2,2-3H3,(H2,25,26,29)/t18-,19+/m0/s1. The molecule has 2 atom stereocenters. The number of ether oxygens (including phenoxy) is 1. The summed E-state index contributed by atoms with van der Waals surface area (Å²) in [7, 11) is 0. The van der Waals surface area contributed by atoms with Crippen LogP contribution in [0.5, 0.6) is 5.75 Å². The molecular weight excluding hydrogens is 378 g/mol. The Morgan fingerprint density at radius 1 is 1.24 bits per heavy atom. The van der Waals surface area contributed by atoms with Crippen LogP contribution in [-0.2, 0) is 0 Å². The zero-order chi connectivity index (χ0) is 20.6. The minimum absolute atomic E-state index is 0.125. The van der Waals surface area contributed by atoms with Crippen molar-refractivity contribution in [1.82, 2.24) is 5.32 Å². The van der Waals surface area contributed by atoms with Crippen molar-refractivity contribution < 1.29 is 4.74 Å². The summed E-state index contributed by atoms with van der Waals surface area (Å²) in [5.74, 6) is 1.58. The van der Waals surface area contributed by atoms with Gasteiger partial charge in [-0.05, 0) is 79.9 Å². The Labute approximate surface area is 180 Å². The molecule has 0 saturated carbocycles. The van der Waals surface area contributed by atoms with Crippen LogP contribution in [0.3, 0.4) is 0 Å². The van der Waals surface area contributed by atoms with E-state index >= 15 is 0 Å². The van der Waals surface area contributed by atoms with Crippen molar-refractivity contribution in [2.45, 2.75) is 32.7 Å². The number of nitrogens with zero attached hydrogens (tertiary/aromatic N) is 1. The normalized spacial score (nSPS) is 17.3. The lowest BCUT2D eigenvalue weighted by molar-refractivity contribution is 0.363. The first-order valence-electron chi connectivity index (χ1n) is 10.3. The number of thiocarbonyl (C=S) groups is 1. The van der Waals surface area contributed by atoms with Crippen LogP contribution in [0.4, 0.5) is 11.4 Å². The second-order valence-corrected chi connectivity index (χ2v) is 8.14. The lowest BCUT2D eigenvalue weighted by Crippen LogP contribution is -2.34. The highest BCUT2D eigenvalue weighted by Crippen LogP contribution is 2.24. The van der Waals surface area contributed by atoms with Gasteiger partial charge in [-0.15, -0.1) is 0 Å². The fourth-order valence-corrected chi connectivity index (χ4v) is 3.93. The molecule has 1 heterocycles. The van der Waals surface area contributed by atoms with Crippen LogP contribution in [0.2, 0.25) is 0 Å². The summed E-state index contributed by atoms with van der Waals surface area (Å²) in [4.78, 5) is 2.49. The molecule has 0 bridgehead atoms. The fourth-order valence-electron chi connectivity index (χ4n) is 3.63. The van der Waals surface area contributed by atoms with Crippen LogP contribution in [-0.4, -0.2) is 24.8 Å². The van der Waals surface area contributed by atoms with Gasteiger partial charge in [-0.1, -0.05) is 31.7 Å². The SMILES string of the molecule is C=CCOc1ccc(NC(=S)N[C@H](C)c2ccc(N3CCC[C@H](C)C3)cc2)cc1. The second kappa shape index (κ2) is 10.3. The van der Waals surface area contributed by atoms with Crippen LogP contribution in [0, 0.1) is 5.92 Å². The largest absolute Gasteiger partial charge is 0.490 e. The number of hydrogen-bond acceptors (Lipinski definition) is 3. The fraction of sp³-hybridized carbons (Fsp3) is 0.375. The maximum atomic E-state index is 5.50. The van der Waals surface area contributed by atoms with Crippen LogP contribution >= 0.6 is 12.2 Å². The zero-order valence-corrected chi connectivity index (χ0v) is 18.2. The molecule has 1 aliphatic rings. The molecule has 2 aromatic carbocycles. The Bertz CT molecular complexity index is 804. The van der Waals surface area contributed by atoms with E-state index in [4.69, 9.17) is 17.0 Å². The van der Waals surface area contributed by atoms with Crippen molar-refractivity contribution in [3.05, 3.63) is 66.7 Å². The highest BCUT2D eigenvalue weighted by atomic mass is 32.1. The van der Waals surface area contributed by atoms with Gasteiger partial charge in [0.1, 0.15) is 12.4 Å². The van der Waals surface area contributed by atoms with E-state index in [0.717, 1.165) is 30.4 Å². The van der Waals surface area contributed by atoms with E-state index in [1.807, 2.05) is 24.3 Å². The van der Waals surface area contributed by atoms with Gasteiger partial charge in [-0.25, -0.2) is 0 Å². The molecule has 1 fully saturated rings. The third kappa shape index (κ3) is 6.23. The zero-order valence-electron chi connectivity index (χ0n) is 17.4. The number of nitrogens with one attached hydrogen (secondary N) is 2. The molecule has 0 unspecified atom stereocenters. The Morgan fingerprint density at radius 2 is 1.97 bits per heavy atom. The molecule has 154 valence electrons. The molecule has 0 aromatic heterocycles. The molecule has 2 N–H and O–H groups in total. The van der Waals surface area contributed by atoms with Gasteiger partial charge >= 0.3 is 0 Å². The third-order valence-electron chi connectivity index (χ3n) is 5.24. The summed E-state index contributed by atoms with van der Waals surface area (Å²) < 4.78 is 5.50. The molecule has 3 rings (SSSR count). The minimum Gasteiger partial charge on any atom is -0.490 e. The topological polar surface area (TPSA) is 36.5 Å². The Kier molecular flexibility index (Phi) is 7.53. The summed E-state index contributed by atoms with van der Waals surface area (Å²) >= 11 is 5.48. The van der Waals surface area contributed by atoms with E-state index in [2.05, 4.69) is 60.2 Å². The molecule has 2 aromatic rings. The average Bonchev–Trinajstić information content (AvgIpc) is 2.73. The second-order valence-electron chi connectivity index (χ2n) is 7.73. The summed E-state index contributed by atoms with van der Waals surface area (Å²) in [5.41, 5.74) is 3.46. The number of benzene rings is 2. The van der Waals surface area contributed by atoms with E-state index in [0.29, 0.717) is 11.7 Å². The monoisotopic (exact) mass is 409 g/mol. The first-order valence-corrected chi connectivity index (χ1v) is 10.7. The first-order chi connectivity index (χ1) is 14.0. The van der Waals surface area contributed by atoms with Crippen molar-refractivity contribution >= 4 is 28.7 Å². The number of rotatable bonds is 7. The Hall–Kier alpha value is -2.53. The van der Waals surface area contributed by atoms with Gasteiger partial charge in [0.25, 0.3) is 0 Å². The summed E-state index contributed by atoms with van der Waals surface area (Å²) in [5, 5.41) is 7.19. The molecule has 4 nitrogen and oxygen atoms in total. The molecule has 0 spiro atoms. The quantitative estimate of drug-likeness (QED) is 0.464. The molecule has 1 aliphatic heterocycles. The van der Waals surface area contributed by atoms with Gasteiger partial charge in [0, 0.05) is 24.5 Å². The molecule has 0 aliphatic carbocycles. The van der Waals surface area contributed by atoms with E-state index < -0.39 is 0 Å². The Morgan fingerprint density at radius 3 is 2.62 bits per heavy atom. The van der Waals surface area contributed by atoms with Gasteiger partial charge in [0.05, 0.1) is 6.04 Å². The molecular formula is C24H31N3OS. The van der Waals surface area contributed by atoms with Gasteiger partial charge < -0.3 is 20.3 Å². The van der Waals surface area contributed by atoms with E-state index in [-0.39, 0.29) is 6.04 Å². The van der Waals surface area contributed by atoms with Crippen molar-refractivity contribution in [1.29, 1.82) is 0 Å². The molecule has 0 radical (unpaired) electrons. The lowest BCUT2D eigenvalue weighted by Gasteiger charge is -2.33. The lowest BCUT2D eigenvalue weighted by atomic mass is 9.99. The van der Waals surface area contributed by atoms with E-state index in [9.17, 15) is 0 Å². The van der Waals surface area contributed by atoms with Gasteiger partial charge in [-0.3, -0.25) is 0 Å². The summed E-state index contributed by atoms with van der Waals surface area (Å²) in [6.07, 6.45) is 4.35. The number of hydrogen-bond donors (Lipinski definition) is 2. The van der Waals surface area contributed by atoms with Crippen molar-refractivity contribution in [2.75, 3.05) is 29.9 Å². The molecule has 29 heavy (non-hydrogen) atoms. The minimum atomic E-state index is 0.125. The molecule has 1 saturated heterocycles. The number of piperidine rings is 1. The molecule has 0 amide bonds. The summed E-state index contributed by atoms with van der Waals surface area (Å²) in [6, 6.07) is 16.7. The smallest absolute Gasteiger partial charge is 0.171 e. The van der Waals surface area contributed by atoms with Crippen molar-refractivity contribution in [3.63, 3.8) is 0 Å². The first kappa shape index (κ1) is 21.2. The highest BCUT2D eigenvalue weighted by molar-refractivity contribution is 7.80.